The number of urea groups is 1. The van der Waals surface area contributed by atoms with Crippen molar-refractivity contribution in [3.05, 3.63) is 39.9 Å². The number of hydrazine groups is 1. The molecular formula is C15H16N4O5. The number of benzene rings is 1. The summed E-state index contributed by atoms with van der Waals surface area (Å²) in [5, 5.41) is 14.0. The Morgan fingerprint density at radius 2 is 1.79 bits per heavy atom. The quantitative estimate of drug-likeness (QED) is 0.493. The highest BCUT2D eigenvalue weighted by Gasteiger charge is 2.52. The van der Waals surface area contributed by atoms with E-state index in [2.05, 4.69) is 10.7 Å². The van der Waals surface area contributed by atoms with Crippen molar-refractivity contribution in [1.82, 2.24) is 15.8 Å². The maximum atomic E-state index is 12.5. The molecule has 1 aromatic rings. The maximum absolute atomic E-state index is 12.5. The molecule has 1 aliphatic carbocycles. The van der Waals surface area contributed by atoms with Crippen molar-refractivity contribution in [3.63, 3.8) is 0 Å². The number of nitro benzene ring substituents is 1. The molecule has 0 atom stereocenters. The summed E-state index contributed by atoms with van der Waals surface area (Å²) < 4.78 is 0. The predicted molar refractivity (Wildman–Crippen MR) is 81.8 cm³/mol. The average molecular weight is 332 g/mol. The second-order valence-electron chi connectivity index (χ2n) is 5.96. The number of imide groups is 1. The highest BCUT2D eigenvalue weighted by atomic mass is 16.6. The topological polar surface area (TPSA) is 122 Å². The number of hydrogen-bond donors (Lipinski definition) is 2. The maximum Gasteiger partial charge on any atom is 0.344 e. The van der Waals surface area contributed by atoms with E-state index in [-0.39, 0.29) is 11.3 Å². The Morgan fingerprint density at radius 3 is 2.38 bits per heavy atom. The molecule has 1 heterocycles. The average Bonchev–Trinajstić information content (AvgIpc) is 2.79. The molecule has 1 saturated carbocycles. The van der Waals surface area contributed by atoms with Crippen molar-refractivity contribution < 1.29 is 19.3 Å². The van der Waals surface area contributed by atoms with Crippen LogP contribution in [0.25, 0.3) is 0 Å². The van der Waals surface area contributed by atoms with Gasteiger partial charge in [0.25, 0.3) is 17.5 Å². The van der Waals surface area contributed by atoms with Gasteiger partial charge >= 0.3 is 6.03 Å². The van der Waals surface area contributed by atoms with Gasteiger partial charge in [-0.15, -0.1) is 0 Å². The number of non-ortho nitro benzene ring substituents is 1. The minimum atomic E-state index is -0.919. The smallest absolute Gasteiger partial charge is 0.322 e. The second-order valence-corrected chi connectivity index (χ2v) is 5.96. The standard InChI is InChI=1S/C15H16N4O5/c20-12(10-4-6-11(7-5-10)19(23)24)17-18-13(21)15(16-14(18)22)8-2-1-3-9-15/h4-7H,1-3,8-9H2,(H,16,22)(H,17,20). The molecule has 1 saturated heterocycles. The Morgan fingerprint density at radius 1 is 1.17 bits per heavy atom. The Bertz CT molecular complexity index is 709. The summed E-state index contributed by atoms with van der Waals surface area (Å²) in [5.74, 6) is -1.14. The molecular weight excluding hydrogens is 316 g/mol. The van der Waals surface area contributed by atoms with Crippen molar-refractivity contribution in [2.45, 2.75) is 37.6 Å². The van der Waals surface area contributed by atoms with E-state index in [9.17, 15) is 24.5 Å². The minimum Gasteiger partial charge on any atom is -0.322 e. The van der Waals surface area contributed by atoms with Gasteiger partial charge in [0, 0.05) is 17.7 Å². The first-order chi connectivity index (χ1) is 11.4. The number of nitrogens with one attached hydrogen (secondary N) is 2. The van der Waals surface area contributed by atoms with Crippen LogP contribution in [-0.4, -0.2) is 33.3 Å². The van der Waals surface area contributed by atoms with Gasteiger partial charge in [-0.2, -0.15) is 5.01 Å². The lowest BCUT2D eigenvalue weighted by molar-refractivity contribution is -0.384. The van der Waals surface area contributed by atoms with E-state index in [1.165, 1.54) is 24.3 Å². The third-order valence-electron chi connectivity index (χ3n) is 4.42. The largest absolute Gasteiger partial charge is 0.344 e. The van der Waals surface area contributed by atoms with Crippen LogP contribution in [-0.2, 0) is 4.79 Å². The van der Waals surface area contributed by atoms with E-state index < -0.39 is 28.3 Å². The molecule has 4 amide bonds. The van der Waals surface area contributed by atoms with Gasteiger partial charge in [0.05, 0.1) is 4.92 Å². The number of carbonyl (C=O) groups excluding carboxylic acids is 3. The Labute approximate surface area is 137 Å². The molecule has 1 aliphatic heterocycles. The highest BCUT2D eigenvalue weighted by Crippen LogP contribution is 2.33. The first-order valence-electron chi connectivity index (χ1n) is 7.65. The zero-order chi connectivity index (χ0) is 17.3. The predicted octanol–water partition coefficient (Wildman–Crippen LogP) is 1.49. The van der Waals surface area contributed by atoms with Gasteiger partial charge in [-0.3, -0.25) is 25.1 Å². The fourth-order valence-corrected chi connectivity index (χ4v) is 3.12. The summed E-state index contributed by atoms with van der Waals surface area (Å²) in [6, 6.07) is 4.24. The fourth-order valence-electron chi connectivity index (χ4n) is 3.12. The van der Waals surface area contributed by atoms with Crippen LogP contribution in [0.15, 0.2) is 24.3 Å². The molecule has 24 heavy (non-hydrogen) atoms. The van der Waals surface area contributed by atoms with Gasteiger partial charge in [-0.1, -0.05) is 19.3 Å². The van der Waals surface area contributed by atoms with E-state index in [0.717, 1.165) is 19.3 Å². The molecule has 2 N–H and O–H groups in total. The molecule has 9 nitrogen and oxygen atoms in total. The minimum absolute atomic E-state index is 0.116. The molecule has 2 aliphatic rings. The van der Waals surface area contributed by atoms with Crippen LogP contribution >= 0.6 is 0 Å². The van der Waals surface area contributed by atoms with E-state index in [1.807, 2.05) is 0 Å². The molecule has 0 bridgehead atoms. The SMILES string of the molecule is O=C(NN1C(=O)NC2(CCCCC2)C1=O)c1ccc([N+](=O)[O-])cc1. The van der Waals surface area contributed by atoms with E-state index >= 15 is 0 Å². The van der Waals surface area contributed by atoms with Crippen LogP contribution in [0, 0.1) is 10.1 Å². The normalized spacial score (nSPS) is 19.2. The van der Waals surface area contributed by atoms with Gasteiger partial charge in [-0.05, 0) is 25.0 Å². The molecule has 0 unspecified atom stereocenters. The monoisotopic (exact) mass is 332 g/mol. The van der Waals surface area contributed by atoms with Crippen molar-refractivity contribution in [2.24, 2.45) is 0 Å². The van der Waals surface area contributed by atoms with Gasteiger partial charge < -0.3 is 5.32 Å². The number of carbonyl (C=O) groups is 3. The number of hydrogen-bond acceptors (Lipinski definition) is 5. The van der Waals surface area contributed by atoms with Crippen LogP contribution < -0.4 is 10.7 Å². The number of rotatable bonds is 3. The molecule has 1 aromatic carbocycles. The lowest BCUT2D eigenvalue weighted by Gasteiger charge is -2.30. The summed E-state index contributed by atoms with van der Waals surface area (Å²) in [5.41, 5.74) is 1.33. The molecule has 2 fully saturated rings. The Hall–Kier alpha value is -2.97. The van der Waals surface area contributed by atoms with E-state index in [1.54, 1.807) is 0 Å². The number of nitro groups is 1. The summed E-state index contributed by atoms with van der Waals surface area (Å²) in [6.07, 6.45) is 3.81. The van der Waals surface area contributed by atoms with Gasteiger partial charge in [0.2, 0.25) is 0 Å². The van der Waals surface area contributed by atoms with Gasteiger partial charge in [0.1, 0.15) is 5.54 Å². The lowest BCUT2D eigenvalue weighted by atomic mass is 9.82. The number of nitrogens with zero attached hydrogens (tertiary/aromatic N) is 2. The van der Waals surface area contributed by atoms with E-state index in [4.69, 9.17) is 0 Å². The highest BCUT2D eigenvalue weighted by molar-refractivity contribution is 6.09. The summed E-state index contributed by atoms with van der Waals surface area (Å²) in [4.78, 5) is 46.8. The summed E-state index contributed by atoms with van der Waals surface area (Å²) in [7, 11) is 0. The van der Waals surface area contributed by atoms with Crippen LogP contribution in [0.1, 0.15) is 42.5 Å². The van der Waals surface area contributed by atoms with Crippen LogP contribution in [0.3, 0.4) is 0 Å². The first-order valence-corrected chi connectivity index (χ1v) is 7.65. The lowest BCUT2D eigenvalue weighted by Crippen LogP contribution is -2.50. The molecule has 1 spiro atoms. The van der Waals surface area contributed by atoms with Crippen LogP contribution in [0.2, 0.25) is 0 Å². The third kappa shape index (κ3) is 2.68. The van der Waals surface area contributed by atoms with Crippen LogP contribution in [0.4, 0.5) is 10.5 Å². The van der Waals surface area contributed by atoms with Crippen LogP contribution in [0.5, 0.6) is 0 Å². The van der Waals surface area contributed by atoms with E-state index in [0.29, 0.717) is 17.9 Å². The molecule has 0 radical (unpaired) electrons. The second kappa shape index (κ2) is 5.91. The number of amides is 4. The zero-order valence-electron chi connectivity index (χ0n) is 12.8. The van der Waals surface area contributed by atoms with Crippen molar-refractivity contribution in [2.75, 3.05) is 0 Å². The van der Waals surface area contributed by atoms with Crippen molar-refractivity contribution >= 4 is 23.5 Å². The summed E-state index contributed by atoms with van der Waals surface area (Å²) >= 11 is 0. The summed E-state index contributed by atoms with van der Waals surface area (Å²) in [6.45, 7) is 0. The van der Waals surface area contributed by atoms with Gasteiger partial charge in [-0.25, -0.2) is 4.79 Å². The van der Waals surface area contributed by atoms with Gasteiger partial charge in [0.15, 0.2) is 0 Å². The Balaban J connectivity index is 1.73. The first kappa shape index (κ1) is 15.9. The molecule has 0 aromatic heterocycles. The van der Waals surface area contributed by atoms with Crippen molar-refractivity contribution in [1.29, 1.82) is 0 Å². The Kier molecular flexibility index (Phi) is 3.92. The molecule has 9 heteroatoms. The third-order valence-corrected chi connectivity index (χ3v) is 4.42. The molecule has 126 valence electrons. The zero-order valence-corrected chi connectivity index (χ0v) is 12.8. The molecule has 3 rings (SSSR count). The van der Waals surface area contributed by atoms with Crippen molar-refractivity contribution in [3.8, 4) is 0 Å². The fraction of sp³-hybridized carbons (Fsp3) is 0.400.